The highest BCUT2D eigenvalue weighted by Crippen LogP contribution is 2.34. The van der Waals surface area contributed by atoms with E-state index in [0.717, 1.165) is 29.3 Å². The van der Waals surface area contributed by atoms with Crippen LogP contribution >= 0.6 is 11.5 Å². The molecule has 0 bridgehead atoms. The SMILES string of the molecule is CC(C)NC(=N)c1c(O)nsc1Nc1ccc(C(=O)N2CCc3ccc(C(C)C)cc32)cc1. The van der Waals surface area contributed by atoms with Gasteiger partial charge in [-0.1, -0.05) is 26.0 Å². The Bertz CT molecular complexity index is 1180. The first kappa shape index (κ1) is 22.8. The highest BCUT2D eigenvalue weighted by molar-refractivity contribution is 7.11. The van der Waals surface area contributed by atoms with Crippen LogP contribution < -0.4 is 15.5 Å². The minimum absolute atomic E-state index is 0.0137. The lowest BCUT2D eigenvalue weighted by molar-refractivity contribution is 0.0989. The van der Waals surface area contributed by atoms with Crippen LogP contribution in [0.5, 0.6) is 5.88 Å². The van der Waals surface area contributed by atoms with Gasteiger partial charge in [-0.3, -0.25) is 10.2 Å². The molecule has 0 spiro atoms. The molecule has 2 aromatic carbocycles. The van der Waals surface area contributed by atoms with Crippen molar-refractivity contribution < 1.29 is 9.90 Å². The summed E-state index contributed by atoms with van der Waals surface area (Å²) in [6, 6.07) is 13.7. The lowest BCUT2D eigenvalue weighted by atomic mass is 10.0. The minimum Gasteiger partial charge on any atom is -0.492 e. The third-order valence-corrected chi connectivity index (χ3v) is 6.42. The van der Waals surface area contributed by atoms with Crippen LogP contribution in [0, 0.1) is 5.41 Å². The summed E-state index contributed by atoms with van der Waals surface area (Å²) in [5.74, 6) is 0.326. The first-order valence-corrected chi connectivity index (χ1v) is 11.9. The van der Waals surface area contributed by atoms with Crippen molar-refractivity contribution in [3.8, 4) is 5.88 Å². The minimum atomic E-state index is -0.180. The van der Waals surface area contributed by atoms with Crippen LogP contribution in [0.1, 0.15) is 60.7 Å². The number of carbonyl (C=O) groups is 1. The van der Waals surface area contributed by atoms with E-state index >= 15 is 0 Å². The third-order valence-electron chi connectivity index (χ3n) is 5.66. The second-order valence-electron chi connectivity index (χ2n) is 8.84. The van der Waals surface area contributed by atoms with Crippen LogP contribution in [0.2, 0.25) is 0 Å². The van der Waals surface area contributed by atoms with Gasteiger partial charge in [0.05, 0.1) is 0 Å². The van der Waals surface area contributed by atoms with Crippen LogP contribution in [0.4, 0.5) is 16.4 Å². The summed E-state index contributed by atoms with van der Waals surface area (Å²) < 4.78 is 3.97. The molecule has 1 amide bonds. The molecule has 4 rings (SSSR count). The molecule has 172 valence electrons. The van der Waals surface area contributed by atoms with E-state index < -0.39 is 0 Å². The van der Waals surface area contributed by atoms with Crippen LogP contribution in [0.15, 0.2) is 42.5 Å². The van der Waals surface area contributed by atoms with Gasteiger partial charge >= 0.3 is 0 Å². The number of amidine groups is 1. The Balaban J connectivity index is 1.51. The van der Waals surface area contributed by atoms with Gasteiger partial charge in [0, 0.05) is 29.5 Å². The summed E-state index contributed by atoms with van der Waals surface area (Å²) in [6.45, 7) is 8.85. The molecule has 0 saturated heterocycles. The Labute approximate surface area is 198 Å². The zero-order valence-electron chi connectivity index (χ0n) is 19.3. The van der Waals surface area contributed by atoms with Crippen molar-refractivity contribution in [1.82, 2.24) is 9.69 Å². The van der Waals surface area contributed by atoms with Crippen molar-refractivity contribution in [3.05, 3.63) is 64.7 Å². The van der Waals surface area contributed by atoms with Gasteiger partial charge in [0.1, 0.15) is 16.4 Å². The predicted octanol–water partition coefficient (Wildman–Crippen LogP) is 5.24. The molecule has 4 N–H and O–H groups in total. The monoisotopic (exact) mass is 463 g/mol. The average Bonchev–Trinajstić information content (AvgIpc) is 3.36. The number of nitrogens with one attached hydrogen (secondary N) is 3. The molecule has 2 heterocycles. The highest BCUT2D eigenvalue weighted by Gasteiger charge is 2.26. The molecular weight excluding hydrogens is 434 g/mol. The first-order chi connectivity index (χ1) is 15.7. The van der Waals surface area contributed by atoms with E-state index in [2.05, 4.69) is 47.1 Å². The lowest BCUT2D eigenvalue weighted by Crippen LogP contribution is -2.30. The Morgan fingerprint density at radius 1 is 1.15 bits per heavy atom. The molecule has 33 heavy (non-hydrogen) atoms. The number of hydrogen-bond donors (Lipinski definition) is 4. The maximum Gasteiger partial charge on any atom is 0.258 e. The standard InChI is InChI=1S/C25H29N5O2S/c1-14(2)18-6-5-16-11-12-30(20(16)13-18)25(32)17-7-9-19(10-8-17)28-24-21(23(31)29-33-24)22(26)27-15(3)4/h5-10,13-15,28H,11-12H2,1-4H3,(H2,26,27)(H,29,31). The van der Waals surface area contributed by atoms with Gasteiger partial charge in [-0.05, 0) is 79.2 Å². The van der Waals surface area contributed by atoms with Gasteiger partial charge < -0.3 is 20.6 Å². The zero-order chi connectivity index (χ0) is 23.7. The molecule has 0 fully saturated rings. The Morgan fingerprint density at radius 3 is 2.55 bits per heavy atom. The molecule has 1 aromatic heterocycles. The molecule has 1 aliphatic heterocycles. The van der Waals surface area contributed by atoms with Gasteiger partial charge in [0.25, 0.3) is 5.91 Å². The van der Waals surface area contributed by atoms with E-state index in [9.17, 15) is 9.90 Å². The smallest absolute Gasteiger partial charge is 0.258 e. The summed E-state index contributed by atoms with van der Waals surface area (Å²) >= 11 is 1.09. The van der Waals surface area contributed by atoms with Gasteiger partial charge in [0.15, 0.2) is 0 Å². The van der Waals surface area contributed by atoms with Crippen molar-refractivity contribution >= 4 is 39.7 Å². The maximum absolute atomic E-state index is 13.2. The fourth-order valence-corrected chi connectivity index (χ4v) is 4.62. The molecule has 0 radical (unpaired) electrons. The molecule has 0 aliphatic carbocycles. The Hall–Kier alpha value is -3.39. The van der Waals surface area contributed by atoms with E-state index in [1.807, 2.05) is 30.9 Å². The number of benzene rings is 2. The average molecular weight is 464 g/mol. The van der Waals surface area contributed by atoms with E-state index in [1.54, 1.807) is 12.1 Å². The molecule has 0 saturated carbocycles. The van der Waals surface area contributed by atoms with Crippen molar-refractivity contribution in [2.24, 2.45) is 0 Å². The summed E-state index contributed by atoms with van der Waals surface area (Å²) in [5, 5.41) is 25.1. The summed E-state index contributed by atoms with van der Waals surface area (Å²) in [6.07, 6.45) is 0.868. The van der Waals surface area contributed by atoms with Gasteiger partial charge in [-0.2, -0.15) is 4.37 Å². The quantitative estimate of drug-likeness (QED) is 0.296. The highest BCUT2D eigenvalue weighted by atomic mass is 32.1. The molecule has 3 aromatic rings. The van der Waals surface area contributed by atoms with Crippen molar-refractivity contribution in [2.45, 2.75) is 46.1 Å². The molecule has 1 aliphatic rings. The number of rotatable bonds is 6. The second kappa shape index (κ2) is 9.23. The fourth-order valence-electron chi connectivity index (χ4n) is 3.90. The van der Waals surface area contributed by atoms with E-state index in [-0.39, 0.29) is 23.7 Å². The van der Waals surface area contributed by atoms with E-state index in [4.69, 9.17) is 5.41 Å². The second-order valence-corrected chi connectivity index (χ2v) is 9.61. The number of carbonyl (C=O) groups excluding carboxylic acids is 1. The zero-order valence-corrected chi connectivity index (χ0v) is 20.1. The maximum atomic E-state index is 13.2. The summed E-state index contributed by atoms with van der Waals surface area (Å²) in [4.78, 5) is 15.1. The lowest BCUT2D eigenvalue weighted by Gasteiger charge is -2.19. The third kappa shape index (κ3) is 4.71. The summed E-state index contributed by atoms with van der Waals surface area (Å²) in [5.41, 5.74) is 5.15. The molecular formula is C25H29N5O2S. The van der Waals surface area contributed by atoms with Crippen LogP contribution in [-0.4, -0.2) is 33.8 Å². The van der Waals surface area contributed by atoms with E-state index in [0.29, 0.717) is 28.6 Å². The molecule has 0 unspecified atom stereocenters. The van der Waals surface area contributed by atoms with Crippen molar-refractivity contribution in [1.29, 1.82) is 5.41 Å². The van der Waals surface area contributed by atoms with Gasteiger partial charge in [-0.25, -0.2) is 0 Å². The van der Waals surface area contributed by atoms with Gasteiger partial charge in [0.2, 0.25) is 5.88 Å². The number of amides is 1. The normalized spacial score (nSPS) is 12.8. The fraction of sp³-hybridized carbons (Fsp3) is 0.320. The van der Waals surface area contributed by atoms with Crippen molar-refractivity contribution in [3.63, 3.8) is 0 Å². The molecule has 0 atom stereocenters. The molecule has 7 nitrogen and oxygen atoms in total. The number of hydrogen-bond acceptors (Lipinski definition) is 6. The van der Waals surface area contributed by atoms with E-state index in [1.165, 1.54) is 11.1 Å². The van der Waals surface area contributed by atoms with Crippen LogP contribution in [0.25, 0.3) is 0 Å². The largest absolute Gasteiger partial charge is 0.492 e. The first-order valence-electron chi connectivity index (χ1n) is 11.1. The topological polar surface area (TPSA) is 101 Å². The van der Waals surface area contributed by atoms with Crippen LogP contribution in [0.3, 0.4) is 0 Å². The van der Waals surface area contributed by atoms with Gasteiger partial charge in [-0.15, -0.1) is 0 Å². The number of aromatic nitrogens is 1. The summed E-state index contributed by atoms with van der Waals surface area (Å²) in [7, 11) is 0. The Kier molecular flexibility index (Phi) is 6.37. The number of fused-ring (bicyclic) bond motifs is 1. The number of nitrogens with zero attached hydrogens (tertiary/aromatic N) is 2. The van der Waals surface area contributed by atoms with Crippen LogP contribution in [-0.2, 0) is 6.42 Å². The number of aromatic hydroxyl groups is 1. The number of anilines is 3. The molecule has 8 heteroatoms. The predicted molar refractivity (Wildman–Crippen MR) is 135 cm³/mol. The Morgan fingerprint density at radius 2 is 1.88 bits per heavy atom. The van der Waals surface area contributed by atoms with Crippen molar-refractivity contribution in [2.75, 3.05) is 16.8 Å².